The van der Waals surface area contributed by atoms with Crippen molar-refractivity contribution in [2.24, 2.45) is 5.73 Å². The number of carbonyl (C=O) groups excluding carboxylic acids is 1. The fourth-order valence-corrected chi connectivity index (χ4v) is 3.26. The highest BCUT2D eigenvalue weighted by molar-refractivity contribution is 6.12. The molecule has 11 heteroatoms. The van der Waals surface area contributed by atoms with Gasteiger partial charge >= 0.3 is 18.2 Å². The van der Waals surface area contributed by atoms with Crippen molar-refractivity contribution in [3.8, 4) is 16.9 Å². The second-order valence-corrected chi connectivity index (χ2v) is 7.10. The van der Waals surface area contributed by atoms with Crippen molar-refractivity contribution in [3.05, 3.63) is 66.2 Å². The fraction of sp³-hybridized carbons (Fsp3) is 0.227. The molecule has 0 aliphatic rings. The van der Waals surface area contributed by atoms with Gasteiger partial charge in [-0.2, -0.15) is 30.7 Å². The van der Waals surface area contributed by atoms with E-state index in [1.54, 1.807) is 18.2 Å². The summed E-state index contributed by atoms with van der Waals surface area (Å²) in [6, 6.07) is 13.7. The van der Waals surface area contributed by atoms with E-state index < -0.39 is 42.5 Å². The number of benzene rings is 3. The minimum Gasteiger partial charge on any atom is -0.427 e. The zero-order chi connectivity index (χ0) is 24.6. The van der Waals surface area contributed by atoms with Gasteiger partial charge in [0.1, 0.15) is 5.75 Å². The minimum absolute atomic E-state index is 0.0528. The average Bonchev–Trinajstić information content (AvgIpc) is 2.71. The van der Waals surface area contributed by atoms with E-state index in [1.165, 1.54) is 24.3 Å². The maximum Gasteiger partial charge on any atom is 0.467 e. The molecule has 1 unspecified atom stereocenters. The normalized spacial score (nSPS) is 13.7. The van der Waals surface area contributed by atoms with E-state index in [0.29, 0.717) is 10.8 Å². The van der Waals surface area contributed by atoms with Gasteiger partial charge in [0.05, 0.1) is 12.0 Å². The van der Waals surface area contributed by atoms with Crippen LogP contribution < -0.4 is 10.5 Å². The molecule has 0 spiro atoms. The predicted octanol–water partition coefficient (Wildman–Crippen LogP) is 6.50. The van der Waals surface area contributed by atoms with E-state index in [2.05, 4.69) is 4.74 Å². The molecule has 3 nitrogen and oxygen atoms in total. The minimum atomic E-state index is -5.81. The summed E-state index contributed by atoms with van der Waals surface area (Å²) in [4.78, 5) is 12.1. The van der Waals surface area contributed by atoms with Crippen molar-refractivity contribution in [3.63, 3.8) is 0 Å². The van der Waals surface area contributed by atoms with E-state index >= 15 is 0 Å². The first-order valence-electron chi connectivity index (χ1n) is 9.31. The van der Waals surface area contributed by atoms with Crippen molar-refractivity contribution >= 4 is 16.7 Å². The van der Waals surface area contributed by atoms with E-state index in [9.17, 15) is 39.9 Å². The maximum atomic E-state index is 14.2. The molecule has 1 atom stereocenters. The molecule has 0 aliphatic heterocycles. The molecule has 2 N–H and O–H groups in total. The van der Waals surface area contributed by atoms with Gasteiger partial charge in [-0.15, -0.1) is 0 Å². The molecule has 0 aromatic heterocycles. The summed E-state index contributed by atoms with van der Waals surface area (Å²) in [6.45, 7) is 0. The molecule has 0 bridgehead atoms. The van der Waals surface area contributed by atoms with Crippen LogP contribution in [0.5, 0.6) is 5.75 Å². The van der Waals surface area contributed by atoms with Crippen molar-refractivity contribution in [2.75, 3.05) is 0 Å². The van der Waals surface area contributed by atoms with E-state index in [0.717, 1.165) is 18.2 Å². The third-order valence-corrected chi connectivity index (χ3v) is 4.78. The number of rotatable bonds is 7. The second-order valence-electron chi connectivity index (χ2n) is 7.10. The fourth-order valence-electron chi connectivity index (χ4n) is 3.26. The molecular formula is C22H15F8NO2. The summed E-state index contributed by atoms with van der Waals surface area (Å²) < 4.78 is 111. The lowest BCUT2D eigenvalue weighted by atomic mass is 9.93. The molecule has 33 heavy (non-hydrogen) atoms. The van der Waals surface area contributed by atoms with Crippen LogP contribution in [-0.4, -0.2) is 30.3 Å². The summed E-state index contributed by atoms with van der Waals surface area (Å²) in [5.74, 6) is -7.69. The first-order chi connectivity index (χ1) is 15.2. The molecule has 1 amide bonds. The second kappa shape index (κ2) is 8.53. The molecule has 3 rings (SSSR count). The van der Waals surface area contributed by atoms with Crippen LogP contribution in [-0.2, 0) is 0 Å². The number of nitrogens with two attached hydrogens (primary N) is 1. The number of hydrogen-bond acceptors (Lipinski definition) is 2. The van der Waals surface area contributed by atoms with Crippen LogP contribution in [0.15, 0.2) is 60.7 Å². The predicted molar refractivity (Wildman–Crippen MR) is 104 cm³/mol. The molecule has 0 heterocycles. The van der Waals surface area contributed by atoms with Gasteiger partial charge in [0.15, 0.2) is 6.17 Å². The average molecular weight is 477 g/mol. The van der Waals surface area contributed by atoms with Gasteiger partial charge < -0.3 is 10.5 Å². The van der Waals surface area contributed by atoms with E-state index in [1.807, 2.05) is 0 Å². The van der Waals surface area contributed by atoms with Crippen LogP contribution in [0.1, 0.15) is 16.8 Å². The molecule has 3 aromatic rings. The highest BCUT2D eigenvalue weighted by Gasteiger charge is 2.66. The lowest BCUT2D eigenvalue weighted by Crippen LogP contribution is -2.52. The molecule has 0 saturated heterocycles. The zero-order valence-corrected chi connectivity index (χ0v) is 16.5. The molecule has 0 aliphatic carbocycles. The first kappa shape index (κ1) is 24.3. The van der Waals surface area contributed by atoms with Crippen LogP contribution in [0, 0.1) is 0 Å². The van der Waals surface area contributed by atoms with Crippen molar-refractivity contribution < 1.29 is 44.7 Å². The number of hydrogen-bond donors (Lipinski definition) is 1. The van der Waals surface area contributed by atoms with Gasteiger partial charge in [-0.05, 0) is 22.4 Å². The molecule has 176 valence electrons. The van der Waals surface area contributed by atoms with Gasteiger partial charge in [0.25, 0.3) is 0 Å². The molecule has 0 radical (unpaired) electrons. The number of alkyl halides is 8. The van der Waals surface area contributed by atoms with E-state index in [4.69, 9.17) is 5.73 Å². The van der Waals surface area contributed by atoms with Gasteiger partial charge in [-0.1, -0.05) is 54.6 Å². The van der Waals surface area contributed by atoms with Gasteiger partial charge in [0.2, 0.25) is 5.91 Å². The van der Waals surface area contributed by atoms with Crippen molar-refractivity contribution in [1.82, 2.24) is 0 Å². The number of ether oxygens (including phenoxy) is 1. The number of halogens is 8. The van der Waals surface area contributed by atoms with E-state index in [-0.39, 0.29) is 16.7 Å². The molecular weight excluding hydrogens is 462 g/mol. The maximum absolute atomic E-state index is 14.2. The SMILES string of the molecule is NC(=O)c1c(-c2ccccc2OC(F)(F)C(F)(F)C(F)CC(F)(F)F)ccc2ccccc12. The lowest BCUT2D eigenvalue weighted by Gasteiger charge is -2.30. The number of amides is 1. The van der Waals surface area contributed by atoms with Crippen molar-refractivity contribution in [1.29, 1.82) is 0 Å². The van der Waals surface area contributed by atoms with Gasteiger partial charge in [0, 0.05) is 5.56 Å². The summed E-state index contributed by atoms with van der Waals surface area (Å²) >= 11 is 0. The highest BCUT2D eigenvalue weighted by Crippen LogP contribution is 2.45. The Morgan fingerprint density at radius 3 is 2.09 bits per heavy atom. The number of fused-ring (bicyclic) bond motifs is 1. The highest BCUT2D eigenvalue weighted by atomic mass is 19.4. The zero-order valence-electron chi connectivity index (χ0n) is 16.5. The van der Waals surface area contributed by atoms with Crippen LogP contribution in [0.3, 0.4) is 0 Å². The number of primary amides is 1. The third-order valence-electron chi connectivity index (χ3n) is 4.78. The quantitative estimate of drug-likeness (QED) is 0.395. The Morgan fingerprint density at radius 2 is 1.45 bits per heavy atom. The Kier molecular flexibility index (Phi) is 6.27. The first-order valence-corrected chi connectivity index (χ1v) is 9.31. The van der Waals surface area contributed by atoms with Crippen LogP contribution in [0.2, 0.25) is 0 Å². The van der Waals surface area contributed by atoms with Gasteiger partial charge in [-0.3, -0.25) is 4.79 Å². The Morgan fingerprint density at radius 1 is 0.848 bits per heavy atom. The summed E-state index contributed by atoms with van der Waals surface area (Å²) in [7, 11) is 0. The Hall–Kier alpha value is -3.37. The molecule has 0 saturated carbocycles. The standard InChI is InChI=1S/C22H15F8NO2/c23-17(11-20(24,25)26)21(27,28)22(29,30)33-16-8-4-3-7-14(16)15-10-9-12-5-1-2-6-13(12)18(15)19(31)32/h1-10,17H,11H2,(H2,31,32). The number of para-hydroxylation sites is 1. The van der Waals surface area contributed by atoms with Crippen LogP contribution in [0.4, 0.5) is 35.1 Å². The Bertz CT molecular complexity index is 1180. The number of carbonyl (C=O) groups is 1. The lowest BCUT2D eigenvalue weighted by molar-refractivity contribution is -0.334. The third kappa shape index (κ3) is 4.86. The Labute approximate surface area is 181 Å². The monoisotopic (exact) mass is 477 g/mol. The summed E-state index contributed by atoms with van der Waals surface area (Å²) in [5, 5.41) is 0.904. The summed E-state index contributed by atoms with van der Waals surface area (Å²) in [5.41, 5.74) is 5.00. The largest absolute Gasteiger partial charge is 0.467 e. The van der Waals surface area contributed by atoms with Gasteiger partial charge in [-0.25, -0.2) is 4.39 Å². The smallest absolute Gasteiger partial charge is 0.427 e. The molecule has 3 aromatic carbocycles. The Balaban J connectivity index is 2.08. The topological polar surface area (TPSA) is 52.3 Å². The van der Waals surface area contributed by atoms with Crippen LogP contribution >= 0.6 is 0 Å². The summed E-state index contributed by atoms with van der Waals surface area (Å²) in [6.07, 6.45) is -18.2. The van der Waals surface area contributed by atoms with Crippen molar-refractivity contribution in [2.45, 2.75) is 30.8 Å². The van der Waals surface area contributed by atoms with Crippen LogP contribution in [0.25, 0.3) is 21.9 Å². The molecule has 0 fully saturated rings.